The van der Waals surface area contributed by atoms with Crippen molar-refractivity contribution in [3.8, 4) is 11.5 Å². The third-order valence-electron chi connectivity index (χ3n) is 2.61. The summed E-state index contributed by atoms with van der Waals surface area (Å²) in [6.45, 7) is 0. The topological polar surface area (TPSA) is 44.5 Å². The van der Waals surface area contributed by atoms with E-state index in [2.05, 4.69) is 4.74 Å². The molecule has 0 aromatic heterocycles. The Kier molecular flexibility index (Phi) is 4.42. The van der Waals surface area contributed by atoms with Gasteiger partial charge in [-0.05, 0) is 6.07 Å². The lowest BCUT2D eigenvalue weighted by Crippen LogP contribution is -2.46. The normalized spacial score (nSPS) is 14.1. The Bertz CT molecular complexity index is 489. The van der Waals surface area contributed by atoms with Gasteiger partial charge in [0.15, 0.2) is 11.5 Å². The van der Waals surface area contributed by atoms with Crippen LogP contribution in [0.3, 0.4) is 0 Å². The molecule has 2 N–H and O–H groups in total. The van der Waals surface area contributed by atoms with Crippen molar-refractivity contribution in [3.63, 3.8) is 0 Å². The van der Waals surface area contributed by atoms with Gasteiger partial charge in [0.25, 0.3) is 0 Å². The maximum Gasteiger partial charge on any atom is 0.455 e. The van der Waals surface area contributed by atoms with Gasteiger partial charge in [0, 0.05) is 11.6 Å². The average molecular weight is 303 g/mol. The highest BCUT2D eigenvalue weighted by Crippen LogP contribution is 2.45. The fourth-order valence-electron chi connectivity index (χ4n) is 1.48. The molecule has 0 fully saturated rings. The van der Waals surface area contributed by atoms with E-state index in [4.69, 9.17) is 10.5 Å². The summed E-state index contributed by atoms with van der Waals surface area (Å²) < 4.78 is 85.9. The van der Waals surface area contributed by atoms with Crippen LogP contribution in [0.1, 0.15) is 11.6 Å². The van der Waals surface area contributed by atoms with Gasteiger partial charge in [-0.1, -0.05) is 0 Å². The van der Waals surface area contributed by atoms with Crippen molar-refractivity contribution in [1.29, 1.82) is 0 Å². The van der Waals surface area contributed by atoms with E-state index < -0.39 is 29.5 Å². The number of benzene rings is 1. The van der Waals surface area contributed by atoms with Crippen LogP contribution in [-0.2, 0) is 0 Å². The van der Waals surface area contributed by atoms with Gasteiger partial charge >= 0.3 is 12.1 Å². The van der Waals surface area contributed by atoms with Crippen molar-refractivity contribution in [1.82, 2.24) is 0 Å². The molecule has 0 unspecified atom stereocenters. The molecule has 20 heavy (non-hydrogen) atoms. The molecule has 9 heteroatoms. The molecule has 0 saturated heterocycles. The molecule has 0 heterocycles. The molecule has 0 amide bonds. The van der Waals surface area contributed by atoms with Gasteiger partial charge < -0.3 is 15.2 Å². The zero-order valence-corrected chi connectivity index (χ0v) is 10.4. The average Bonchev–Trinajstić information content (AvgIpc) is 2.36. The minimum Gasteiger partial charge on any atom is -0.493 e. The van der Waals surface area contributed by atoms with Crippen LogP contribution in [0.5, 0.6) is 11.5 Å². The first-order valence-corrected chi connectivity index (χ1v) is 5.17. The molecule has 0 radical (unpaired) electrons. The Balaban J connectivity index is 3.33. The lowest BCUT2D eigenvalue weighted by Gasteiger charge is -2.26. The quantitative estimate of drug-likeness (QED) is 0.870. The van der Waals surface area contributed by atoms with Crippen LogP contribution >= 0.6 is 0 Å². The molecule has 0 spiro atoms. The van der Waals surface area contributed by atoms with E-state index in [1.165, 1.54) is 0 Å². The van der Waals surface area contributed by atoms with E-state index >= 15 is 0 Å². The van der Waals surface area contributed by atoms with Crippen molar-refractivity contribution >= 4 is 0 Å². The summed E-state index contributed by atoms with van der Waals surface area (Å²) in [5.41, 5.74) is 3.85. The Labute approximate surface area is 110 Å². The van der Waals surface area contributed by atoms with Crippen LogP contribution in [0, 0.1) is 5.82 Å². The Morgan fingerprint density at radius 2 is 1.45 bits per heavy atom. The number of ether oxygens (including phenoxy) is 2. The molecule has 0 aliphatic rings. The fraction of sp³-hybridized carbons (Fsp3) is 0.455. The number of hydrogen-bond donors (Lipinski definition) is 1. The maximum atomic E-state index is 13.6. The van der Waals surface area contributed by atoms with Crippen LogP contribution < -0.4 is 15.2 Å². The summed E-state index contributed by atoms with van der Waals surface area (Å²) >= 11 is 0. The van der Waals surface area contributed by atoms with Crippen molar-refractivity contribution < 1.29 is 35.8 Å². The number of hydrogen-bond acceptors (Lipinski definition) is 3. The second-order valence-corrected chi connectivity index (χ2v) is 3.83. The standard InChI is InChI=1S/C11H11F6NO2/c1-19-7-3-5(6(12)4-8(7)20-2)9(18)10(13,14)11(15,16)17/h3-4,9H,18H2,1-2H3/t9-/m1/s1. The van der Waals surface area contributed by atoms with Gasteiger partial charge in [-0.15, -0.1) is 0 Å². The Morgan fingerprint density at radius 1 is 1.00 bits per heavy atom. The Hall–Kier alpha value is -1.64. The van der Waals surface area contributed by atoms with E-state index in [0.29, 0.717) is 12.1 Å². The van der Waals surface area contributed by atoms with E-state index in [1.807, 2.05) is 0 Å². The molecule has 0 aliphatic heterocycles. The van der Waals surface area contributed by atoms with Crippen molar-refractivity contribution in [3.05, 3.63) is 23.5 Å². The van der Waals surface area contributed by atoms with Crippen molar-refractivity contribution in [2.24, 2.45) is 5.73 Å². The largest absolute Gasteiger partial charge is 0.493 e. The van der Waals surface area contributed by atoms with E-state index in [0.717, 1.165) is 14.2 Å². The van der Waals surface area contributed by atoms with E-state index in [-0.39, 0.29) is 11.5 Å². The van der Waals surface area contributed by atoms with Gasteiger partial charge in [0.2, 0.25) is 0 Å². The van der Waals surface area contributed by atoms with E-state index in [9.17, 15) is 26.3 Å². The predicted molar refractivity (Wildman–Crippen MR) is 57.4 cm³/mol. The zero-order valence-electron chi connectivity index (χ0n) is 10.4. The molecular formula is C11H11F6NO2. The molecule has 0 aliphatic carbocycles. The molecule has 0 bridgehead atoms. The molecule has 1 atom stereocenters. The molecule has 114 valence electrons. The van der Waals surface area contributed by atoms with Gasteiger partial charge in [-0.25, -0.2) is 4.39 Å². The lowest BCUT2D eigenvalue weighted by molar-refractivity contribution is -0.291. The van der Waals surface area contributed by atoms with Crippen LogP contribution in [0.15, 0.2) is 12.1 Å². The van der Waals surface area contributed by atoms with Crippen molar-refractivity contribution in [2.75, 3.05) is 14.2 Å². The second-order valence-electron chi connectivity index (χ2n) is 3.83. The monoisotopic (exact) mass is 303 g/mol. The van der Waals surface area contributed by atoms with E-state index in [1.54, 1.807) is 0 Å². The number of rotatable bonds is 4. The van der Waals surface area contributed by atoms with Crippen LogP contribution in [0.4, 0.5) is 26.3 Å². The minimum atomic E-state index is -5.90. The zero-order chi connectivity index (χ0) is 15.7. The predicted octanol–water partition coefficient (Wildman–Crippen LogP) is 3.04. The SMILES string of the molecule is COc1cc(F)c([C@@H](N)C(F)(F)C(F)(F)F)cc1OC. The first-order chi connectivity index (χ1) is 9.06. The smallest absolute Gasteiger partial charge is 0.455 e. The molecule has 1 aromatic rings. The minimum absolute atomic E-state index is 0.156. The number of alkyl halides is 5. The third kappa shape index (κ3) is 2.77. The summed E-state index contributed by atoms with van der Waals surface area (Å²) in [4.78, 5) is 0. The van der Waals surface area contributed by atoms with Crippen LogP contribution in [0.25, 0.3) is 0 Å². The highest BCUT2D eigenvalue weighted by molar-refractivity contribution is 5.45. The highest BCUT2D eigenvalue weighted by Gasteiger charge is 2.62. The van der Waals surface area contributed by atoms with Gasteiger partial charge in [-0.2, -0.15) is 22.0 Å². The molecule has 1 aromatic carbocycles. The molecule has 1 rings (SSSR count). The number of methoxy groups -OCH3 is 2. The van der Waals surface area contributed by atoms with Gasteiger partial charge in [-0.3, -0.25) is 0 Å². The summed E-state index contributed by atoms with van der Waals surface area (Å²) in [5.74, 6) is -7.00. The maximum absolute atomic E-state index is 13.6. The second kappa shape index (κ2) is 5.39. The Morgan fingerprint density at radius 3 is 1.85 bits per heavy atom. The molecule has 0 saturated carbocycles. The van der Waals surface area contributed by atoms with Gasteiger partial charge in [0.05, 0.1) is 14.2 Å². The van der Waals surface area contributed by atoms with Gasteiger partial charge in [0.1, 0.15) is 11.9 Å². The fourth-order valence-corrected chi connectivity index (χ4v) is 1.48. The first kappa shape index (κ1) is 16.4. The van der Waals surface area contributed by atoms with Crippen molar-refractivity contribution in [2.45, 2.75) is 18.1 Å². The first-order valence-electron chi connectivity index (χ1n) is 5.17. The molecule has 3 nitrogen and oxygen atoms in total. The summed E-state index contributed by atoms with van der Waals surface area (Å²) in [6.07, 6.45) is -5.90. The molecular weight excluding hydrogens is 292 g/mol. The summed E-state index contributed by atoms with van der Waals surface area (Å²) in [6, 6.07) is -1.62. The lowest BCUT2D eigenvalue weighted by atomic mass is 9.99. The van der Waals surface area contributed by atoms with Crippen LogP contribution in [-0.4, -0.2) is 26.3 Å². The van der Waals surface area contributed by atoms with Crippen LogP contribution in [0.2, 0.25) is 0 Å². The highest BCUT2D eigenvalue weighted by atomic mass is 19.4. The number of halogens is 6. The third-order valence-corrected chi connectivity index (χ3v) is 2.61. The summed E-state index contributed by atoms with van der Waals surface area (Å²) in [7, 11) is 2.27. The summed E-state index contributed by atoms with van der Waals surface area (Å²) in [5, 5.41) is 0. The number of nitrogens with two attached hydrogens (primary N) is 1.